The highest BCUT2D eigenvalue weighted by atomic mass is 32.2. The van der Waals surface area contributed by atoms with Crippen molar-refractivity contribution in [2.75, 3.05) is 20.2 Å². The topological polar surface area (TPSA) is 75.7 Å². The van der Waals surface area contributed by atoms with E-state index in [0.717, 1.165) is 19.4 Å². The standard InChI is InChI=1S/C16H24N2O4S/c1-12(2)18(3)23(20,21)15-8-6-13(7-9-15)16(19)17-11-14-5-4-10-22-14/h6-9,12,14H,4-5,10-11H2,1-3H3,(H,17,19). The van der Waals surface area contributed by atoms with Crippen LogP contribution in [0.2, 0.25) is 0 Å². The summed E-state index contributed by atoms with van der Waals surface area (Å²) in [4.78, 5) is 12.3. The van der Waals surface area contributed by atoms with Crippen LogP contribution in [0.15, 0.2) is 29.2 Å². The second-order valence-electron chi connectivity index (χ2n) is 5.98. The molecule has 0 aliphatic carbocycles. The highest BCUT2D eigenvalue weighted by Gasteiger charge is 2.23. The van der Waals surface area contributed by atoms with Crippen molar-refractivity contribution in [3.05, 3.63) is 29.8 Å². The summed E-state index contributed by atoms with van der Waals surface area (Å²) in [5.74, 6) is -0.221. The molecule has 0 aromatic heterocycles. The molecule has 0 spiro atoms. The molecular weight excluding hydrogens is 316 g/mol. The number of amides is 1. The van der Waals surface area contributed by atoms with Crippen LogP contribution >= 0.6 is 0 Å². The molecule has 1 unspecified atom stereocenters. The largest absolute Gasteiger partial charge is 0.376 e. The average molecular weight is 340 g/mol. The predicted molar refractivity (Wildman–Crippen MR) is 87.8 cm³/mol. The fourth-order valence-corrected chi connectivity index (χ4v) is 3.70. The van der Waals surface area contributed by atoms with Crippen molar-refractivity contribution < 1.29 is 17.9 Å². The van der Waals surface area contributed by atoms with Gasteiger partial charge in [-0.25, -0.2) is 8.42 Å². The summed E-state index contributed by atoms with van der Waals surface area (Å²) in [6.07, 6.45) is 2.06. The fraction of sp³-hybridized carbons (Fsp3) is 0.562. The molecule has 1 N–H and O–H groups in total. The Hall–Kier alpha value is -1.44. The normalized spacial score (nSPS) is 18.6. The molecule has 7 heteroatoms. The maximum Gasteiger partial charge on any atom is 0.251 e. The molecule has 2 rings (SSSR count). The third-order valence-corrected chi connectivity index (χ3v) is 6.08. The maximum atomic E-state index is 12.4. The number of ether oxygens (including phenoxy) is 1. The second kappa shape index (κ2) is 7.42. The predicted octanol–water partition coefficient (Wildman–Crippen LogP) is 1.62. The Balaban J connectivity index is 2.02. The average Bonchev–Trinajstić information content (AvgIpc) is 3.05. The first-order valence-corrected chi connectivity index (χ1v) is 9.24. The van der Waals surface area contributed by atoms with E-state index in [9.17, 15) is 13.2 Å². The number of carbonyl (C=O) groups is 1. The molecule has 1 fully saturated rings. The summed E-state index contributed by atoms with van der Waals surface area (Å²) in [5.41, 5.74) is 0.439. The lowest BCUT2D eigenvalue weighted by atomic mass is 10.2. The van der Waals surface area contributed by atoms with Crippen LogP contribution in [0.1, 0.15) is 37.0 Å². The first kappa shape index (κ1) is 17.9. The summed E-state index contributed by atoms with van der Waals surface area (Å²) in [5, 5.41) is 2.82. The lowest BCUT2D eigenvalue weighted by molar-refractivity contribution is 0.0857. The Kier molecular flexibility index (Phi) is 5.78. The van der Waals surface area contributed by atoms with E-state index in [1.165, 1.54) is 28.6 Å². The van der Waals surface area contributed by atoms with Crippen molar-refractivity contribution >= 4 is 15.9 Å². The maximum absolute atomic E-state index is 12.4. The van der Waals surface area contributed by atoms with Crippen molar-refractivity contribution in [3.63, 3.8) is 0 Å². The molecule has 1 atom stereocenters. The number of nitrogens with zero attached hydrogens (tertiary/aromatic N) is 1. The molecule has 1 aromatic carbocycles. The quantitative estimate of drug-likeness (QED) is 0.854. The van der Waals surface area contributed by atoms with Crippen molar-refractivity contribution in [2.24, 2.45) is 0 Å². The van der Waals surface area contributed by atoms with Gasteiger partial charge in [0, 0.05) is 31.8 Å². The number of nitrogens with one attached hydrogen (secondary N) is 1. The summed E-state index contributed by atoms with van der Waals surface area (Å²) >= 11 is 0. The van der Waals surface area contributed by atoms with Gasteiger partial charge in [-0.3, -0.25) is 4.79 Å². The van der Waals surface area contributed by atoms with Gasteiger partial charge in [0.05, 0.1) is 11.0 Å². The van der Waals surface area contributed by atoms with Gasteiger partial charge in [-0.05, 0) is 51.0 Å². The molecule has 0 saturated carbocycles. The van der Waals surface area contributed by atoms with Crippen LogP contribution in [0.5, 0.6) is 0 Å². The fourth-order valence-electron chi connectivity index (χ4n) is 2.34. The molecule has 1 heterocycles. The Labute approximate surface area is 137 Å². The second-order valence-corrected chi connectivity index (χ2v) is 7.98. The summed E-state index contributed by atoms with van der Waals surface area (Å²) in [7, 11) is -1.98. The number of benzene rings is 1. The van der Waals surface area contributed by atoms with Crippen molar-refractivity contribution in [2.45, 2.75) is 43.7 Å². The molecule has 1 aliphatic rings. The number of rotatable bonds is 6. The number of hydrogen-bond acceptors (Lipinski definition) is 4. The number of hydrogen-bond donors (Lipinski definition) is 1. The molecule has 1 saturated heterocycles. The van der Waals surface area contributed by atoms with E-state index < -0.39 is 10.0 Å². The van der Waals surface area contributed by atoms with Crippen LogP contribution in [0.25, 0.3) is 0 Å². The van der Waals surface area contributed by atoms with Gasteiger partial charge in [0.2, 0.25) is 10.0 Å². The lowest BCUT2D eigenvalue weighted by Gasteiger charge is -2.21. The van der Waals surface area contributed by atoms with Gasteiger partial charge in [-0.2, -0.15) is 4.31 Å². The van der Waals surface area contributed by atoms with E-state index in [1.807, 2.05) is 13.8 Å². The zero-order valence-corrected chi connectivity index (χ0v) is 14.6. The number of sulfonamides is 1. The van der Waals surface area contributed by atoms with E-state index in [1.54, 1.807) is 7.05 Å². The van der Waals surface area contributed by atoms with Gasteiger partial charge < -0.3 is 10.1 Å². The molecule has 1 amide bonds. The monoisotopic (exact) mass is 340 g/mol. The zero-order chi connectivity index (χ0) is 17.0. The van der Waals surface area contributed by atoms with Crippen LogP contribution in [0.4, 0.5) is 0 Å². The summed E-state index contributed by atoms with van der Waals surface area (Å²) in [6.45, 7) is 4.85. The van der Waals surface area contributed by atoms with E-state index in [4.69, 9.17) is 4.74 Å². The molecule has 0 bridgehead atoms. The smallest absolute Gasteiger partial charge is 0.251 e. The van der Waals surface area contributed by atoms with Gasteiger partial charge in [0.25, 0.3) is 5.91 Å². The minimum Gasteiger partial charge on any atom is -0.376 e. The van der Waals surface area contributed by atoms with Crippen LogP contribution in [0.3, 0.4) is 0 Å². The third kappa shape index (κ3) is 4.31. The van der Waals surface area contributed by atoms with Crippen molar-refractivity contribution in [1.82, 2.24) is 9.62 Å². The highest BCUT2D eigenvalue weighted by Crippen LogP contribution is 2.17. The van der Waals surface area contributed by atoms with Gasteiger partial charge in [-0.1, -0.05) is 0 Å². The van der Waals surface area contributed by atoms with Crippen LogP contribution in [-0.4, -0.2) is 51.0 Å². The van der Waals surface area contributed by atoms with E-state index in [-0.39, 0.29) is 22.9 Å². The lowest BCUT2D eigenvalue weighted by Crippen LogP contribution is -2.33. The van der Waals surface area contributed by atoms with Crippen LogP contribution in [0, 0.1) is 0 Å². The van der Waals surface area contributed by atoms with Gasteiger partial charge in [0.1, 0.15) is 0 Å². The van der Waals surface area contributed by atoms with Crippen molar-refractivity contribution in [3.8, 4) is 0 Å². The van der Waals surface area contributed by atoms with Crippen LogP contribution in [-0.2, 0) is 14.8 Å². The highest BCUT2D eigenvalue weighted by molar-refractivity contribution is 7.89. The summed E-state index contributed by atoms with van der Waals surface area (Å²) in [6, 6.07) is 5.87. The first-order chi connectivity index (χ1) is 10.8. The Morgan fingerprint density at radius 1 is 1.35 bits per heavy atom. The SMILES string of the molecule is CC(C)N(C)S(=O)(=O)c1ccc(C(=O)NCC2CCCO2)cc1. The van der Waals surface area contributed by atoms with Gasteiger partial charge >= 0.3 is 0 Å². The molecule has 1 aromatic rings. The minimum atomic E-state index is -3.52. The molecule has 6 nitrogen and oxygen atoms in total. The van der Waals surface area contributed by atoms with Crippen molar-refractivity contribution in [1.29, 1.82) is 0 Å². The number of carbonyl (C=O) groups excluding carboxylic acids is 1. The van der Waals surface area contributed by atoms with Crippen LogP contribution < -0.4 is 5.32 Å². The molecule has 128 valence electrons. The Morgan fingerprint density at radius 2 is 2.00 bits per heavy atom. The molecule has 0 radical (unpaired) electrons. The molecule has 23 heavy (non-hydrogen) atoms. The molecular formula is C16H24N2O4S. The molecule has 1 aliphatic heterocycles. The Morgan fingerprint density at radius 3 is 2.52 bits per heavy atom. The van der Waals surface area contributed by atoms with Gasteiger partial charge in [-0.15, -0.1) is 0 Å². The third-order valence-electron chi connectivity index (χ3n) is 4.03. The zero-order valence-electron chi connectivity index (χ0n) is 13.8. The van der Waals surface area contributed by atoms with E-state index in [2.05, 4.69) is 5.32 Å². The van der Waals surface area contributed by atoms with Gasteiger partial charge in [0.15, 0.2) is 0 Å². The Bertz CT molecular complexity index is 635. The van der Waals surface area contributed by atoms with E-state index >= 15 is 0 Å². The van der Waals surface area contributed by atoms with E-state index in [0.29, 0.717) is 12.1 Å². The minimum absolute atomic E-state index is 0.0818. The summed E-state index contributed by atoms with van der Waals surface area (Å²) < 4.78 is 31.5. The first-order valence-electron chi connectivity index (χ1n) is 7.80.